The van der Waals surface area contributed by atoms with Crippen LogP contribution in [0.1, 0.15) is 49.9 Å². The van der Waals surface area contributed by atoms with Gasteiger partial charge in [0.2, 0.25) is 5.91 Å². The maximum atomic E-state index is 13.3. The number of pyridine rings is 1. The second-order valence-corrected chi connectivity index (χ2v) is 14.2. The molecule has 2 heterocycles. The van der Waals surface area contributed by atoms with Crippen molar-refractivity contribution in [2.24, 2.45) is 17.4 Å². The first-order chi connectivity index (χ1) is 24.5. The molecule has 2 aromatic carbocycles. The Balaban J connectivity index is 1.51. The zero-order valence-corrected chi connectivity index (χ0v) is 30.6. The number of rotatable bonds is 17. The van der Waals surface area contributed by atoms with E-state index in [9.17, 15) is 25.2 Å². The number of carboxylic acids is 1. The van der Waals surface area contributed by atoms with E-state index in [4.69, 9.17) is 38.5 Å². The monoisotopic (exact) mass is 746 g/mol. The minimum absolute atomic E-state index is 0.000861. The SMILES string of the molecule is CC(C)[C@@H](C(=O)O)N(CCOc1ccc(-c2c(C#N)c(N)nc(SCc3csc(-c4ccc(Cl)cc4)n3)c2C#N)cc1)C(=O)[C@@H](N)CCCCN. The number of nitrogen functional groups attached to an aromatic ring is 1. The van der Waals surface area contributed by atoms with Crippen LogP contribution in [-0.2, 0) is 15.3 Å². The summed E-state index contributed by atoms with van der Waals surface area (Å²) in [5.41, 5.74) is 20.9. The van der Waals surface area contributed by atoms with Gasteiger partial charge in [0.15, 0.2) is 0 Å². The first kappa shape index (κ1) is 39.1. The number of halogens is 1. The van der Waals surface area contributed by atoms with Gasteiger partial charge in [0, 0.05) is 27.3 Å². The van der Waals surface area contributed by atoms with Crippen LogP contribution in [0.3, 0.4) is 0 Å². The molecule has 0 saturated heterocycles. The third-order valence-electron chi connectivity index (χ3n) is 7.95. The third-order valence-corrected chi connectivity index (χ3v) is 10.2. The molecule has 4 rings (SSSR count). The van der Waals surface area contributed by atoms with E-state index in [1.807, 2.05) is 17.5 Å². The number of aliphatic carboxylic acids is 1. The molecule has 0 bridgehead atoms. The lowest BCUT2D eigenvalue weighted by molar-refractivity contribution is -0.153. The molecular formula is C36H39ClN8O4S2. The average molecular weight is 747 g/mol. The maximum absolute atomic E-state index is 13.3. The van der Waals surface area contributed by atoms with Crippen molar-refractivity contribution < 1.29 is 19.4 Å². The summed E-state index contributed by atoms with van der Waals surface area (Å²) < 4.78 is 5.93. The lowest BCUT2D eigenvalue weighted by atomic mass is 9.97. The Bertz CT molecular complexity index is 1910. The van der Waals surface area contributed by atoms with Gasteiger partial charge in [0.1, 0.15) is 52.0 Å². The molecule has 51 heavy (non-hydrogen) atoms. The second-order valence-electron chi connectivity index (χ2n) is 11.9. The Hall–Kier alpha value is -4.70. The number of thiazole rings is 1. The smallest absolute Gasteiger partial charge is 0.326 e. The molecule has 7 N–H and O–H groups in total. The van der Waals surface area contributed by atoms with Gasteiger partial charge in [-0.1, -0.05) is 67.9 Å². The van der Waals surface area contributed by atoms with Gasteiger partial charge >= 0.3 is 5.97 Å². The Morgan fingerprint density at radius 2 is 1.71 bits per heavy atom. The number of nitrogens with zero attached hydrogens (tertiary/aromatic N) is 5. The number of ether oxygens (including phenoxy) is 1. The number of carbonyl (C=O) groups excluding carboxylic acids is 1. The Labute approximate surface area is 310 Å². The van der Waals surface area contributed by atoms with E-state index >= 15 is 0 Å². The van der Waals surface area contributed by atoms with Gasteiger partial charge in [-0.25, -0.2) is 14.8 Å². The zero-order chi connectivity index (χ0) is 37.1. The molecular weight excluding hydrogens is 708 g/mol. The lowest BCUT2D eigenvalue weighted by Gasteiger charge is -2.33. The number of amides is 1. The van der Waals surface area contributed by atoms with Crippen molar-refractivity contribution >= 4 is 52.4 Å². The number of unbranched alkanes of at least 4 members (excludes halogenated alkanes) is 1. The van der Waals surface area contributed by atoms with Crippen LogP contribution in [0.2, 0.25) is 5.02 Å². The fraction of sp³-hybridized carbons (Fsp3) is 0.333. The molecule has 0 fully saturated rings. The third kappa shape index (κ3) is 9.97. The quantitative estimate of drug-likeness (QED) is 0.0731. The van der Waals surface area contributed by atoms with E-state index in [2.05, 4.69) is 17.1 Å². The predicted octanol–water partition coefficient (Wildman–Crippen LogP) is 5.92. The van der Waals surface area contributed by atoms with Crippen LogP contribution >= 0.6 is 34.7 Å². The van der Waals surface area contributed by atoms with Crippen LogP contribution in [0, 0.1) is 28.6 Å². The molecule has 4 aromatic rings. The molecule has 15 heteroatoms. The Kier molecular flexibility index (Phi) is 14.2. The van der Waals surface area contributed by atoms with Crippen molar-refractivity contribution in [1.82, 2.24) is 14.9 Å². The van der Waals surface area contributed by atoms with Gasteiger partial charge in [0.05, 0.1) is 23.8 Å². The molecule has 0 radical (unpaired) electrons. The van der Waals surface area contributed by atoms with Crippen molar-refractivity contribution in [2.45, 2.75) is 56.0 Å². The fourth-order valence-corrected chi connectivity index (χ4v) is 7.37. The van der Waals surface area contributed by atoms with Gasteiger partial charge in [-0.05, 0) is 55.1 Å². The molecule has 0 spiro atoms. The predicted molar refractivity (Wildman–Crippen MR) is 200 cm³/mol. The summed E-state index contributed by atoms with van der Waals surface area (Å²) in [6, 6.07) is 16.5. The van der Waals surface area contributed by atoms with Crippen molar-refractivity contribution in [3.8, 4) is 39.6 Å². The standard InChI is InChI=1S/C36H39ClN8O4S2/c1-21(2)31(36(47)48)45(35(46)29(41)5-3-4-14-38)15-16-49-26-12-8-22(9-13-26)30-27(17-39)32(42)44-34(28(30)18-40)51-20-25-19-50-33(43-25)23-6-10-24(37)11-7-23/h6-13,19,21,29,31H,3-5,14-16,20,38,41H2,1-2H3,(H2,42,44)(H,47,48)/t29-,31-/m0/s1. The number of carbonyl (C=O) groups is 2. The number of thioether (sulfide) groups is 1. The number of benzene rings is 2. The van der Waals surface area contributed by atoms with Crippen LogP contribution in [-0.4, -0.2) is 63.6 Å². The number of nitriles is 2. The molecule has 0 aliphatic heterocycles. The fourth-order valence-electron chi connectivity index (χ4n) is 5.42. The van der Waals surface area contributed by atoms with E-state index < -0.39 is 24.0 Å². The van der Waals surface area contributed by atoms with E-state index in [0.29, 0.717) is 58.5 Å². The van der Waals surface area contributed by atoms with Gasteiger partial charge in [-0.2, -0.15) is 10.5 Å². The number of carboxylic acid groups (broad SMARTS) is 1. The second kappa shape index (κ2) is 18.5. The average Bonchev–Trinajstić information content (AvgIpc) is 3.59. The molecule has 1 amide bonds. The minimum Gasteiger partial charge on any atom is -0.492 e. The molecule has 0 unspecified atom stereocenters. The van der Waals surface area contributed by atoms with Crippen molar-refractivity contribution in [2.75, 3.05) is 25.4 Å². The topological polar surface area (TPSA) is 218 Å². The molecule has 2 atom stereocenters. The summed E-state index contributed by atoms with van der Waals surface area (Å²) in [4.78, 5) is 35.8. The molecule has 2 aromatic heterocycles. The summed E-state index contributed by atoms with van der Waals surface area (Å²) in [5.74, 6) is -1.10. The van der Waals surface area contributed by atoms with Crippen molar-refractivity contribution in [1.29, 1.82) is 10.5 Å². The van der Waals surface area contributed by atoms with Crippen LogP contribution in [0.25, 0.3) is 21.7 Å². The van der Waals surface area contributed by atoms with Crippen LogP contribution in [0.15, 0.2) is 58.9 Å². The van der Waals surface area contributed by atoms with Gasteiger partial charge < -0.3 is 31.9 Å². The molecule has 12 nitrogen and oxygen atoms in total. The van der Waals surface area contributed by atoms with E-state index in [1.54, 1.807) is 50.2 Å². The summed E-state index contributed by atoms with van der Waals surface area (Å²) >= 11 is 8.81. The van der Waals surface area contributed by atoms with E-state index in [-0.39, 0.29) is 36.0 Å². The first-order valence-corrected chi connectivity index (χ1v) is 18.4. The highest BCUT2D eigenvalue weighted by Crippen LogP contribution is 2.37. The van der Waals surface area contributed by atoms with Gasteiger partial charge in [0.25, 0.3) is 0 Å². The highest BCUT2D eigenvalue weighted by molar-refractivity contribution is 7.98. The highest BCUT2D eigenvalue weighted by atomic mass is 35.5. The zero-order valence-electron chi connectivity index (χ0n) is 28.2. The number of nitrogens with two attached hydrogens (primary N) is 3. The maximum Gasteiger partial charge on any atom is 0.326 e. The molecule has 266 valence electrons. The van der Waals surface area contributed by atoms with Crippen LogP contribution < -0.4 is 21.9 Å². The highest BCUT2D eigenvalue weighted by Gasteiger charge is 2.34. The number of anilines is 1. The summed E-state index contributed by atoms with van der Waals surface area (Å²) in [6.07, 6.45) is 1.76. The minimum atomic E-state index is -1.12. The Morgan fingerprint density at radius 3 is 2.31 bits per heavy atom. The molecule has 0 saturated carbocycles. The van der Waals surface area contributed by atoms with Crippen molar-refractivity contribution in [3.63, 3.8) is 0 Å². The van der Waals surface area contributed by atoms with Crippen molar-refractivity contribution in [3.05, 3.63) is 75.8 Å². The number of hydrogen-bond donors (Lipinski definition) is 4. The van der Waals surface area contributed by atoms with E-state index in [1.165, 1.54) is 28.0 Å². The number of hydrogen-bond acceptors (Lipinski definition) is 12. The molecule has 0 aliphatic rings. The Morgan fingerprint density at radius 1 is 1.04 bits per heavy atom. The summed E-state index contributed by atoms with van der Waals surface area (Å²) in [7, 11) is 0. The van der Waals surface area contributed by atoms with Crippen LogP contribution in [0.4, 0.5) is 5.82 Å². The first-order valence-electron chi connectivity index (χ1n) is 16.2. The van der Waals surface area contributed by atoms with Crippen LogP contribution in [0.5, 0.6) is 5.75 Å². The van der Waals surface area contributed by atoms with E-state index in [0.717, 1.165) is 16.3 Å². The lowest BCUT2D eigenvalue weighted by Crippen LogP contribution is -2.54. The molecule has 0 aliphatic carbocycles. The number of aromatic nitrogens is 2. The largest absolute Gasteiger partial charge is 0.492 e. The van der Waals surface area contributed by atoms with Gasteiger partial charge in [-0.3, -0.25) is 4.79 Å². The van der Waals surface area contributed by atoms with Gasteiger partial charge in [-0.15, -0.1) is 11.3 Å². The summed E-state index contributed by atoms with van der Waals surface area (Å²) in [5, 5.41) is 33.9. The normalized spacial score (nSPS) is 12.2. The summed E-state index contributed by atoms with van der Waals surface area (Å²) in [6.45, 7) is 3.95.